The molecule has 7 heteroatoms. The highest BCUT2D eigenvalue weighted by Gasteiger charge is 2.38. The molecule has 0 aromatic heterocycles. The van der Waals surface area contributed by atoms with Gasteiger partial charge in [-0.2, -0.15) is 0 Å². The molecule has 33 heavy (non-hydrogen) atoms. The third-order valence-corrected chi connectivity index (χ3v) is 6.54. The number of carboxylic acids is 3. The van der Waals surface area contributed by atoms with Crippen molar-refractivity contribution in [1.29, 1.82) is 0 Å². The van der Waals surface area contributed by atoms with E-state index in [0.29, 0.717) is 6.54 Å². The SMILES string of the molecule is C=CCCCCCCCCCCCC[N+](CC(C)C(=O)O)(CC(C)C(=O)O)CC(C)C(=O)O. The second kappa shape index (κ2) is 17.6. The van der Waals surface area contributed by atoms with Crippen molar-refractivity contribution in [3.8, 4) is 0 Å². The van der Waals surface area contributed by atoms with Crippen LogP contribution in [-0.4, -0.2) is 63.9 Å². The van der Waals surface area contributed by atoms with Gasteiger partial charge in [-0.3, -0.25) is 14.4 Å². The fourth-order valence-electron chi connectivity index (χ4n) is 4.62. The normalized spacial score (nSPS) is 15.8. The van der Waals surface area contributed by atoms with E-state index in [1.807, 2.05) is 6.08 Å². The minimum Gasteiger partial charge on any atom is -0.481 e. The van der Waals surface area contributed by atoms with Crippen LogP contribution in [0.15, 0.2) is 12.7 Å². The van der Waals surface area contributed by atoms with E-state index in [9.17, 15) is 29.7 Å². The van der Waals surface area contributed by atoms with E-state index in [2.05, 4.69) is 6.58 Å². The Morgan fingerprint density at radius 2 is 0.939 bits per heavy atom. The number of hydrogen-bond donors (Lipinski definition) is 3. The molecular formula is C26H48NO6+. The Hall–Kier alpha value is -1.89. The van der Waals surface area contributed by atoms with Crippen molar-refractivity contribution < 1.29 is 34.2 Å². The first kappa shape index (κ1) is 31.1. The Kier molecular flexibility index (Phi) is 16.6. The van der Waals surface area contributed by atoms with Gasteiger partial charge < -0.3 is 19.8 Å². The van der Waals surface area contributed by atoms with Crippen LogP contribution in [0.3, 0.4) is 0 Å². The topological polar surface area (TPSA) is 112 Å². The highest BCUT2D eigenvalue weighted by molar-refractivity contribution is 5.70. The maximum Gasteiger partial charge on any atom is 0.311 e. The molecule has 0 spiro atoms. The Morgan fingerprint density at radius 3 is 1.24 bits per heavy atom. The minimum atomic E-state index is -0.937. The van der Waals surface area contributed by atoms with Gasteiger partial charge in [0.25, 0.3) is 0 Å². The highest BCUT2D eigenvalue weighted by atomic mass is 16.4. The van der Waals surface area contributed by atoms with Crippen LogP contribution in [0.5, 0.6) is 0 Å². The average Bonchev–Trinajstić information content (AvgIpc) is 2.74. The minimum absolute atomic E-state index is 0.221. The lowest BCUT2D eigenvalue weighted by molar-refractivity contribution is -0.934. The van der Waals surface area contributed by atoms with Crippen LogP contribution < -0.4 is 0 Å². The fourth-order valence-corrected chi connectivity index (χ4v) is 4.62. The highest BCUT2D eigenvalue weighted by Crippen LogP contribution is 2.22. The van der Waals surface area contributed by atoms with Crippen LogP contribution in [0.1, 0.15) is 91.4 Å². The van der Waals surface area contributed by atoms with Gasteiger partial charge >= 0.3 is 17.9 Å². The van der Waals surface area contributed by atoms with E-state index < -0.39 is 35.7 Å². The number of carboxylic acid groups (broad SMARTS) is 3. The number of hydrogen-bond acceptors (Lipinski definition) is 3. The zero-order chi connectivity index (χ0) is 25.3. The largest absolute Gasteiger partial charge is 0.481 e. The van der Waals surface area contributed by atoms with E-state index >= 15 is 0 Å². The molecule has 0 aliphatic carbocycles. The molecular weight excluding hydrogens is 422 g/mol. The molecule has 0 rings (SSSR count). The van der Waals surface area contributed by atoms with E-state index in [-0.39, 0.29) is 24.1 Å². The van der Waals surface area contributed by atoms with Gasteiger partial charge in [-0.15, -0.1) is 6.58 Å². The van der Waals surface area contributed by atoms with E-state index in [1.54, 1.807) is 20.8 Å². The van der Waals surface area contributed by atoms with Crippen LogP contribution in [0.4, 0.5) is 0 Å². The summed E-state index contributed by atoms with van der Waals surface area (Å²) in [6, 6.07) is 0. The average molecular weight is 471 g/mol. The van der Waals surface area contributed by atoms with E-state index in [1.165, 1.54) is 38.5 Å². The third-order valence-electron chi connectivity index (χ3n) is 6.54. The number of quaternary nitrogens is 1. The van der Waals surface area contributed by atoms with Crippen molar-refractivity contribution in [2.45, 2.75) is 91.4 Å². The van der Waals surface area contributed by atoms with Gasteiger partial charge in [-0.25, -0.2) is 0 Å². The van der Waals surface area contributed by atoms with Crippen LogP contribution >= 0.6 is 0 Å². The molecule has 3 atom stereocenters. The lowest BCUT2D eigenvalue weighted by Crippen LogP contribution is -2.57. The number of unbranched alkanes of at least 4 members (excludes halogenated alkanes) is 10. The Labute approximate surface area is 200 Å². The van der Waals surface area contributed by atoms with Crippen molar-refractivity contribution in [1.82, 2.24) is 0 Å². The van der Waals surface area contributed by atoms with E-state index in [4.69, 9.17) is 0 Å². The molecule has 0 aromatic carbocycles. The predicted molar refractivity (Wildman–Crippen MR) is 131 cm³/mol. The summed E-state index contributed by atoms with van der Waals surface area (Å²) in [5.41, 5.74) is 0. The lowest BCUT2D eigenvalue weighted by Gasteiger charge is -2.42. The van der Waals surface area contributed by atoms with Crippen LogP contribution in [0.25, 0.3) is 0 Å². The smallest absolute Gasteiger partial charge is 0.311 e. The molecule has 3 unspecified atom stereocenters. The molecule has 0 aromatic rings. The molecule has 0 amide bonds. The van der Waals surface area contributed by atoms with E-state index in [0.717, 1.165) is 32.1 Å². The summed E-state index contributed by atoms with van der Waals surface area (Å²) in [7, 11) is 0. The molecule has 0 aliphatic heterocycles. The van der Waals surface area contributed by atoms with Crippen LogP contribution in [-0.2, 0) is 14.4 Å². The number of rotatable bonds is 22. The zero-order valence-electron chi connectivity index (χ0n) is 21.1. The van der Waals surface area contributed by atoms with Crippen molar-refractivity contribution in [3.63, 3.8) is 0 Å². The molecule has 0 saturated heterocycles. The standard InChI is InChI=1S/C26H47NO6/c1-5-6-7-8-9-10-11-12-13-14-15-16-17-27(18-21(2)24(28)29,19-22(3)25(30)31)20-23(4)26(32)33/h5,21-23H,1,6-20H2,2-4H3,(H2-,28,29,30,31,32,33)/p+1. The molecule has 0 aliphatic rings. The summed E-state index contributed by atoms with van der Waals surface area (Å²) >= 11 is 0. The Bertz CT molecular complexity index is 536. The van der Waals surface area contributed by atoms with Gasteiger partial charge in [0.2, 0.25) is 0 Å². The van der Waals surface area contributed by atoms with Crippen molar-refractivity contribution in [2.24, 2.45) is 17.8 Å². The first-order chi connectivity index (χ1) is 15.5. The van der Waals surface area contributed by atoms with Crippen molar-refractivity contribution in [3.05, 3.63) is 12.7 Å². The van der Waals surface area contributed by atoms with Gasteiger partial charge in [0, 0.05) is 0 Å². The lowest BCUT2D eigenvalue weighted by atomic mass is 10.00. The van der Waals surface area contributed by atoms with Crippen molar-refractivity contribution >= 4 is 17.9 Å². The molecule has 0 fully saturated rings. The number of carbonyl (C=O) groups is 3. The summed E-state index contributed by atoms with van der Waals surface area (Å²) in [6.45, 7) is 9.93. The van der Waals surface area contributed by atoms with Gasteiger partial charge in [0.05, 0.1) is 26.2 Å². The number of aliphatic carboxylic acids is 3. The monoisotopic (exact) mass is 470 g/mol. The summed E-state index contributed by atoms with van der Waals surface area (Å²) in [5.74, 6) is -4.82. The third kappa shape index (κ3) is 14.8. The van der Waals surface area contributed by atoms with Crippen LogP contribution in [0.2, 0.25) is 0 Å². The molecule has 0 bridgehead atoms. The molecule has 0 heterocycles. The molecule has 3 N–H and O–H groups in total. The van der Waals surface area contributed by atoms with Crippen molar-refractivity contribution in [2.75, 3.05) is 26.2 Å². The number of allylic oxidation sites excluding steroid dienone is 1. The quantitative estimate of drug-likeness (QED) is 0.110. The molecule has 0 saturated carbocycles. The maximum absolute atomic E-state index is 11.5. The second-order valence-corrected chi connectivity index (χ2v) is 9.94. The second-order valence-electron chi connectivity index (χ2n) is 9.94. The maximum atomic E-state index is 11.5. The van der Waals surface area contributed by atoms with Gasteiger partial charge in [0.1, 0.15) is 17.8 Å². The fraction of sp³-hybridized carbons (Fsp3) is 0.808. The predicted octanol–water partition coefficient (Wildman–Crippen LogP) is 5.44. The molecule has 0 radical (unpaired) electrons. The first-order valence-corrected chi connectivity index (χ1v) is 12.7. The summed E-state index contributed by atoms with van der Waals surface area (Å²) < 4.78 is 0.221. The Morgan fingerprint density at radius 1 is 0.636 bits per heavy atom. The van der Waals surface area contributed by atoms with Crippen LogP contribution in [0, 0.1) is 17.8 Å². The Balaban J connectivity index is 4.79. The zero-order valence-corrected chi connectivity index (χ0v) is 21.1. The van der Waals surface area contributed by atoms with Gasteiger partial charge in [-0.1, -0.05) is 51.0 Å². The molecule has 7 nitrogen and oxygen atoms in total. The van der Waals surface area contributed by atoms with Gasteiger partial charge in [0.15, 0.2) is 0 Å². The first-order valence-electron chi connectivity index (χ1n) is 12.7. The number of nitrogens with zero attached hydrogens (tertiary/aromatic N) is 1. The summed E-state index contributed by atoms with van der Waals surface area (Å²) in [5, 5.41) is 28.4. The summed E-state index contributed by atoms with van der Waals surface area (Å²) in [4.78, 5) is 34.6. The molecule has 192 valence electrons. The summed E-state index contributed by atoms with van der Waals surface area (Å²) in [6.07, 6.45) is 14.7. The van der Waals surface area contributed by atoms with Gasteiger partial charge in [-0.05, 0) is 46.5 Å².